The van der Waals surface area contributed by atoms with Crippen molar-refractivity contribution in [2.45, 2.75) is 13.8 Å². The lowest BCUT2D eigenvalue weighted by molar-refractivity contribution is 0.101. The first-order valence-electron chi connectivity index (χ1n) is 4.80. The number of aryl methyl sites for hydroxylation is 1. The van der Waals surface area contributed by atoms with Gasteiger partial charge in [-0.1, -0.05) is 0 Å². The number of nitrogens with one attached hydrogen (secondary N) is 1. The highest BCUT2D eigenvalue weighted by molar-refractivity contribution is 6.08. The smallest absolute Gasteiger partial charge is 0.161 e. The highest BCUT2D eigenvalue weighted by Crippen LogP contribution is 2.28. The second kappa shape index (κ2) is 3.42. The number of rotatable bonds is 2. The number of methoxy groups -OCH3 is 1. The molecule has 0 unspecified atom stereocenters. The van der Waals surface area contributed by atoms with Crippen LogP contribution in [0.2, 0.25) is 0 Å². The first kappa shape index (κ1) is 9.77. The molecule has 78 valence electrons. The van der Waals surface area contributed by atoms with E-state index in [0.717, 1.165) is 22.2 Å². The van der Waals surface area contributed by atoms with Crippen LogP contribution >= 0.6 is 0 Å². The second-order valence-corrected chi connectivity index (χ2v) is 3.65. The molecule has 1 aromatic heterocycles. The first-order chi connectivity index (χ1) is 7.13. The fraction of sp³-hybridized carbons (Fsp3) is 0.250. The van der Waals surface area contributed by atoms with Crippen LogP contribution in [-0.2, 0) is 0 Å². The van der Waals surface area contributed by atoms with Gasteiger partial charge in [-0.05, 0) is 31.5 Å². The second-order valence-electron chi connectivity index (χ2n) is 3.65. The van der Waals surface area contributed by atoms with Crippen LogP contribution in [0.4, 0.5) is 0 Å². The summed E-state index contributed by atoms with van der Waals surface area (Å²) in [5.41, 5.74) is 2.68. The topological polar surface area (TPSA) is 42.1 Å². The third kappa shape index (κ3) is 1.50. The summed E-state index contributed by atoms with van der Waals surface area (Å²) < 4.78 is 5.26. The van der Waals surface area contributed by atoms with Crippen molar-refractivity contribution in [3.8, 4) is 5.75 Å². The van der Waals surface area contributed by atoms with E-state index in [4.69, 9.17) is 4.74 Å². The number of hydrogen-bond donors (Lipinski definition) is 1. The summed E-state index contributed by atoms with van der Waals surface area (Å²) in [6.07, 6.45) is 1.73. The largest absolute Gasteiger partial charge is 0.495 e. The monoisotopic (exact) mass is 203 g/mol. The molecule has 0 atom stereocenters. The highest BCUT2D eigenvalue weighted by atomic mass is 16.5. The van der Waals surface area contributed by atoms with Gasteiger partial charge in [0.25, 0.3) is 0 Å². The molecule has 0 radical (unpaired) electrons. The molecular formula is C12H13NO2. The third-order valence-electron chi connectivity index (χ3n) is 2.50. The maximum absolute atomic E-state index is 11.4. The SMILES string of the molecule is COc1cc(C)cc2c(C(C)=O)c[nH]c12. The third-order valence-corrected chi connectivity index (χ3v) is 2.50. The van der Waals surface area contributed by atoms with Crippen LogP contribution in [0.5, 0.6) is 5.75 Å². The Morgan fingerprint density at radius 1 is 1.40 bits per heavy atom. The van der Waals surface area contributed by atoms with Crippen molar-refractivity contribution in [3.05, 3.63) is 29.5 Å². The van der Waals surface area contributed by atoms with E-state index in [9.17, 15) is 4.79 Å². The van der Waals surface area contributed by atoms with Crippen molar-refractivity contribution in [2.75, 3.05) is 7.11 Å². The van der Waals surface area contributed by atoms with E-state index >= 15 is 0 Å². The Labute approximate surface area is 88.1 Å². The van der Waals surface area contributed by atoms with E-state index < -0.39 is 0 Å². The maximum Gasteiger partial charge on any atom is 0.161 e. The Kier molecular flexibility index (Phi) is 2.23. The molecule has 1 N–H and O–H groups in total. The number of carbonyl (C=O) groups is 1. The van der Waals surface area contributed by atoms with Gasteiger partial charge in [-0.15, -0.1) is 0 Å². The number of benzene rings is 1. The van der Waals surface area contributed by atoms with Gasteiger partial charge in [-0.3, -0.25) is 4.79 Å². The summed E-state index contributed by atoms with van der Waals surface area (Å²) in [5.74, 6) is 0.839. The fourth-order valence-corrected chi connectivity index (χ4v) is 1.79. The molecule has 2 aromatic rings. The number of Topliss-reactive ketones (excluding diaryl/α,β-unsaturated/α-hetero) is 1. The number of fused-ring (bicyclic) bond motifs is 1. The molecule has 0 spiro atoms. The van der Waals surface area contributed by atoms with E-state index in [1.54, 1.807) is 20.2 Å². The predicted molar refractivity (Wildman–Crippen MR) is 59.6 cm³/mol. The zero-order valence-corrected chi connectivity index (χ0v) is 9.05. The Morgan fingerprint density at radius 2 is 2.13 bits per heavy atom. The molecule has 0 aliphatic carbocycles. The summed E-state index contributed by atoms with van der Waals surface area (Å²) in [6, 6.07) is 3.94. The van der Waals surface area contributed by atoms with E-state index in [0.29, 0.717) is 5.56 Å². The van der Waals surface area contributed by atoms with Crippen LogP contribution in [0.3, 0.4) is 0 Å². The van der Waals surface area contributed by atoms with Crippen molar-refractivity contribution < 1.29 is 9.53 Å². The lowest BCUT2D eigenvalue weighted by Gasteiger charge is -2.03. The molecule has 3 nitrogen and oxygen atoms in total. The summed E-state index contributed by atoms with van der Waals surface area (Å²) in [7, 11) is 1.63. The molecule has 0 saturated heterocycles. The molecule has 0 bridgehead atoms. The standard InChI is InChI=1S/C12H13NO2/c1-7-4-9-10(8(2)14)6-13-12(9)11(5-7)15-3/h4-6,13H,1-3H3. The maximum atomic E-state index is 11.4. The van der Waals surface area contributed by atoms with E-state index in [2.05, 4.69) is 4.98 Å². The first-order valence-corrected chi connectivity index (χ1v) is 4.80. The minimum absolute atomic E-state index is 0.0638. The number of ketones is 1. The van der Waals surface area contributed by atoms with Crippen molar-refractivity contribution in [2.24, 2.45) is 0 Å². The molecular weight excluding hydrogens is 190 g/mol. The Bertz CT molecular complexity index is 526. The van der Waals surface area contributed by atoms with E-state index in [1.807, 2.05) is 19.1 Å². The number of aromatic nitrogens is 1. The Hall–Kier alpha value is -1.77. The highest BCUT2D eigenvalue weighted by Gasteiger charge is 2.11. The number of H-pyrrole nitrogens is 1. The van der Waals surface area contributed by atoms with Gasteiger partial charge >= 0.3 is 0 Å². The van der Waals surface area contributed by atoms with Crippen LogP contribution in [0.15, 0.2) is 18.3 Å². The number of aromatic amines is 1. The van der Waals surface area contributed by atoms with Crippen LogP contribution in [0.1, 0.15) is 22.8 Å². The molecule has 15 heavy (non-hydrogen) atoms. The van der Waals surface area contributed by atoms with Gasteiger partial charge in [0.1, 0.15) is 5.75 Å². The molecule has 0 aliphatic rings. The van der Waals surface area contributed by atoms with Crippen LogP contribution in [0.25, 0.3) is 10.9 Å². The zero-order chi connectivity index (χ0) is 11.0. The van der Waals surface area contributed by atoms with E-state index in [-0.39, 0.29) is 5.78 Å². The molecule has 0 fully saturated rings. The molecule has 0 aliphatic heterocycles. The summed E-state index contributed by atoms with van der Waals surface area (Å²) in [6.45, 7) is 3.55. The Morgan fingerprint density at radius 3 is 2.73 bits per heavy atom. The summed E-state index contributed by atoms with van der Waals surface area (Å²) in [4.78, 5) is 14.4. The van der Waals surface area contributed by atoms with Gasteiger partial charge in [0.2, 0.25) is 0 Å². The van der Waals surface area contributed by atoms with Crippen molar-refractivity contribution in [1.82, 2.24) is 4.98 Å². The number of hydrogen-bond acceptors (Lipinski definition) is 2. The molecule has 0 saturated carbocycles. The minimum Gasteiger partial charge on any atom is -0.495 e. The molecule has 2 rings (SSSR count). The fourth-order valence-electron chi connectivity index (χ4n) is 1.79. The Balaban J connectivity index is 2.80. The number of ether oxygens (including phenoxy) is 1. The molecule has 3 heteroatoms. The summed E-state index contributed by atoms with van der Waals surface area (Å²) >= 11 is 0. The van der Waals surface area contributed by atoms with Gasteiger partial charge < -0.3 is 9.72 Å². The lowest BCUT2D eigenvalue weighted by atomic mass is 10.1. The average Bonchev–Trinajstić information content (AvgIpc) is 2.59. The van der Waals surface area contributed by atoms with Crippen molar-refractivity contribution in [1.29, 1.82) is 0 Å². The quantitative estimate of drug-likeness (QED) is 0.762. The van der Waals surface area contributed by atoms with Gasteiger partial charge in [-0.2, -0.15) is 0 Å². The molecule has 0 amide bonds. The minimum atomic E-state index is 0.0638. The van der Waals surface area contributed by atoms with Crippen LogP contribution < -0.4 is 4.74 Å². The normalized spacial score (nSPS) is 10.6. The van der Waals surface area contributed by atoms with E-state index in [1.165, 1.54) is 0 Å². The average molecular weight is 203 g/mol. The summed E-state index contributed by atoms with van der Waals surface area (Å²) in [5, 5.41) is 0.930. The lowest BCUT2D eigenvalue weighted by Crippen LogP contribution is -1.90. The van der Waals surface area contributed by atoms with Gasteiger partial charge in [0.05, 0.1) is 12.6 Å². The zero-order valence-electron chi connectivity index (χ0n) is 9.05. The van der Waals surface area contributed by atoms with Gasteiger partial charge in [0, 0.05) is 17.1 Å². The molecule has 1 heterocycles. The van der Waals surface area contributed by atoms with Gasteiger partial charge in [0.15, 0.2) is 5.78 Å². The van der Waals surface area contributed by atoms with Gasteiger partial charge in [-0.25, -0.2) is 0 Å². The van der Waals surface area contributed by atoms with Crippen molar-refractivity contribution in [3.63, 3.8) is 0 Å². The van der Waals surface area contributed by atoms with Crippen molar-refractivity contribution >= 4 is 16.7 Å². The molecule has 1 aromatic carbocycles. The van der Waals surface area contributed by atoms with Crippen LogP contribution in [-0.4, -0.2) is 17.9 Å². The van der Waals surface area contributed by atoms with Crippen LogP contribution in [0, 0.1) is 6.92 Å². The predicted octanol–water partition coefficient (Wildman–Crippen LogP) is 2.69. The number of carbonyl (C=O) groups excluding carboxylic acids is 1.